The second-order valence-corrected chi connectivity index (χ2v) is 6.68. The number of aryl methyl sites for hydroxylation is 1. The third-order valence-corrected chi connectivity index (χ3v) is 3.55. The summed E-state index contributed by atoms with van der Waals surface area (Å²) in [5.74, 6) is -0.536. The first-order valence-corrected chi connectivity index (χ1v) is 8.12. The van der Waals surface area contributed by atoms with Gasteiger partial charge in [0.2, 0.25) is 5.91 Å². The Morgan fingerprint density at radius 1 is 1.32 bits per heavy atom. The molecular formula is C13H18FNO3S. The molecule has 0 fully saturated rings. The summed E-state index contributed by atoms with van der Waals surface area (Å²) in [7, 11) is -3.05. The van der Waals surface area contributed by atoms with Gasteiger partial charge in [0.1, 0.15) is 15.7 Å². The van der Waals surface area contributed by atoms with Gasteiger partial charge in [-0.25, -0.2) is 12.8 Å². The number of benzene rings is 1. The van der Waals surface area contributed by atoms with Crippen LogP contribution in [-0.2, 0) is 21.1 Å². The topological polar surface area (TPSA) is 63.2 Å². The van der Waals surface area contributed by atoms with Crippen LogP contribution in [0.1, 0.15) is 18.4 Å². The van der Waals surface area contributed by atoms with Crippen molar-refractivity contribution in [1.82, 2.24) is 5.32 Å². The van der Waals surface area contributed by atoms with E-state index in [9.17, 15) is 17.6 Å². The maximum atomic E-state index is 13.3. The average molecular weight is 287 g/mol. The van der Waals surface area contributed by atoms with Crippen LogP contribution in [0.15, 0.2) is 24.3 Å². The van der Waals surface area contributed by atoms with Crippen molar-refractivity contribution >= 4 is 15.7 Å². The second-order valence-electron chi connectivity index (χ2n) is 4.42. The molecule has 0 aromatic heterocycles. The summed E-state index contributed by atoms with van der Waals surface area (Å²) < 4.78 is 35.0. The van der Waals surface area contributed by atoms with Crippen LogP contribution in [0.3, 0.4) is 0 Å². The maximum Gasteiger partial charge on any atom is 0.220 e. The number of carbonyl (C=O) groups excluding carboxylic acids is 1. The van der Waals surface area contributed by atoms with Gasteiger partial charge in [-0.1, -0.05) is 18.2 Å². The summed E-state index contributed by atoms with van der Waals surface area (Å²) >= 11 is 0. The number of sulfone groups is 1. The highest BCUT2D eigenvalue weighted by Crippen LogP contribution is 2.09. The van der Waals surface area contributed by atoms with Crippen LogP contribution in [0.25, 0.3) is 0 Å². The maximum absolute atomic E-state index is 13.3. The van der Waals surface area contributed by atoms with Gasteiger partial charge in [0.05, 0.1) is 5.75 Å². The number of carbonyl (C=O) groups is 1. The quantitative estimate of drug-likeness (QED) is 0.822. The first-order chi connectivity index (χ1) is 8.88. The fourth-order valence-electron chi connectivity index (χ4n) is 1.60. The molecule has 0 unspecified atom stereocenters. The molecule has 0 aliphatic rings. The van der Waals surface area contributed by atoms with Crippen LogP contribution < -0.4 is 5.32 Å². The summed E-state index contributed by atoms with van der Waals surface area (Å²) in [6.07, 6.45) is 2.41. The van der Waals surface area contributed by atoms with Crippen LogP contribution in [0.2, 0.25) is 0 Å². The van der Waals surface area contributed by atoms with Gasteiger partial charge in [-0.15, -0.1) is 0 Å². The van der Waals surface area contributed by atoms with Gasteiger partial charge in [-0.2, -0.15) is 0 Å². The molecule has 0 spiro atoms. The molecule has 0 aliphatic heterocycles. The predicted octanol–water partition coefficient (Wildman–Crippen LogP) is 1.31. The minimum Gasteiger partial charge on any atom is -0.355 e. The lowest BCUT2D eigenvalue weighted by molar-refractivity contribution is -0.121. The highest BCUT2D eigenvalue weighted by molar-refractivity contribution is 7.90. The van der Waals surface area contributed by atoms with Crippen molar-refractivity contribution in [2.24, 2.45) is 0 Å². The molecule has 6 heteroatoms. The van der Waals surface area contributed by atoms with Crippen LogP contribution in [-0.4, -0.2) is 32.9 Å². The van der Waals surface area contributed by atoms with E-state index in [4.69, 9.17) is 0 Å². The summed E-state index contributed by atoms with van der Waals surface area (Å²) in [4.78, 5) is 11.4. The third kappa shape index (κ3) is 6.91. The van der Waals surface area contributed by atoms with Crippen molar-refractivity contribution in [3.8, 4) is 0 Å². The monoisotopic (exact) mass is 287 g/mol. The van der Waals surface area contributed by atoms with Crippen molar-refractivity contribution in [1.29, 1.82) is 0 Å². The summed E-state index contributed by atoms with van der Waals surface area (Å²) in [5.41, 5.74) is 0.589. The first-order valence-electron chi connectivity index (χ1n) is 6.06. The molecule has 106 valence electrons. The van der Waals surface area contributed by atoms with E-state index in [1.807, 2.05) is 0 Å². The average Bonchev–Trinajstić information content (AvgIpc) is 2.30. The minimum absolute atomic E-state index is 0.0634. The molecule has 19 heavy (non-hydrogen) atoms. The summed E-state index contributed by atoms with van der Waals surface area (Å²) in [6, 6.07) is 6.46. The number of amides is 1. The van der Waals surface area contributed by atoms with Crippen LogP contribution in [0.4, 0.5) is 4.39 Å². The van der Waals surface area contributed by atoms with Gasteiger partial charge in [-0.05, 0) is 24.5 Å². The van der Waals surface area contributed by atoms with Crippen molar-refractivity contribution in [2.45, 2.75) is 19.3 Å². The predicted molar refractivity (Wildman–Crippen MR) is 72.1 cm³/mol. The van der Waals surface area contributed by atoms with E-state index in [0.29, 0.717) is 18.4 Å². The standard InChI is InChI=1S/C13H18FNO3S/c1-19(17,18)10-9-15-13(16)8-4-6-11-5-2-3-7-12(11)14/h2-3,5,7H,4,6,8-10H2,1H3,(H,15,16). The molecule has 0 atom stereocenters. The van der Waals surface area contributed by atoms with Gasteiger partial charge in [0, 0.05) is 19.2 Å². The van der Waals surface area contributed by atoms with Crippen LogP contribution >= 0.6 is 0 Å². The van der Waals surface area contributed by atoms with E-state index in [2.05, 4.69) is 5.32 Å². The zero-order valence-corrected chi connectivity index (χ0v) is 11.7. The van der Waals surface area contributed by atoms with Gasteiger partial charge in [-0.3, -0.25) is 4.79 Å². The Bertz CT molecular complexity index is 528. The summed E-state index contributed by atoms with van der Waals surface area (Å²) in [5, 5.41) is 2.53. The Morgan fingerprint density at radius 3 is 2.63 bits per heavy atom. The zero-order valence-electron chi connectivity index (χ0n) is 10.9. The molecule has 0 saturated carbocycles. The molecule has 0 radical (unpaired) electrons. The third-order valence-electron chi connectivity index (χ3n) is 2.60. The van der Waals surface area contributed by atoms with E-state index in [0.717, 1.165) is 6.26 Å². The van der Waals surface area contributed by atoms with E-state index in [1.54, 1.807) is 18.2 Å². The van der Waals surface area contributed by atoms with Gasteiger partial charge >= 0.3 is 0 Å². The smallest absolute Gasteiger partial charge is 0.220 e. The van der Waals surface area contributed by atoms with E-state index in [1.165, 1.54) is 6.07 Å². The number of hydrogen-bond donors (Lipinski definition) is 1. The van der Waals surface area contributed by atoms with Crippen molar-refractivity contribution in [3.05, 3.63) is 35.6 Å². The normalized spacial score (nSPS) is 11.3. The van der Waals surface area contributed by atoms with E-state index in [-0.39, 0.29) is 30.4 Å². The molecule has 1 aromatic carbocycles. The highest BCUT2D eigenvalue weighted by Gasteiger charge is 2.06. The molecule has 0 aliphatic carbocycles. The molecule has 4 nitrogen and oxygen atoms in total. The van der Waals surface area contributed by atoms with Gasteiger partial charge in [0.25, 0.3) is 0 Å². The largest absolute Gasteiger partial charge is 0.355 e. The van der Waals surface area contributed by atoms with Crippen molar-refractivity contribution in [3.63, 3.8) is 0 Å². The fourth-order valence-corrected chi connectivity index (χ4v) is 2.08. The Labute approximate surface area is 112 Å². The molecule has 1 amide bonds. The Morgan fingerprint density at radius 2 is 2.00 bits per heavy atom. The van der Waals surface area contributed by atoms with Crippen molar-refractivity contribution in [2.75, 3.05) is 18.6 Å². The number of nitrogens with one attached hydrogen (secondary N) is 1. The lowest BCUT2D eigenvalue weighted by atomic mass is 10.1. The Hall–Kier alpha value is -1.43. The molecule has 0 saturated heterocycles. The minimum atomic E-state index is -3.05. The fraction of sp³-hybridized carbons (Fsp3) is 0.462. The van der Waals surface area contributed by atoms with Crippen molar-refractivity contribution < 1.29 is 17.6 Å². The molecule has 1 aromatic rings. The number of rotatable bonds is 7. The molecule has 1 rings (SSSR count). The van der Waals surface area contributed by atoms with Crippen LogP contribution in [0, 0.1) is 5.82 Å². The van der Waals surface area contributed by atoms with Gasteiger partial charge in [0.15, 0.2) is 0 Å². The second kappa shape index (κ2) is 7.23. The zero-order chi connectivity index (χ0) is 14.3. The number of halogens is 1. The van der Waals surface area contributed by atoms with E-state index < -0.39 is 9.84 Å². The first kappa shape index (κ1) is 15.6. The van der Waals surface area contributed by atoms with E-state index >= 15 is 0 Å². The highest BCUT2D eigenvalue weighted by atomic mass is 32.2. The SMILES string of the molecule is CS(=O)(=O)CCNC(=O)CCCc1ccccc1F. The molecule has 0 bridgehead atoms. The lowest BCUT2D eigenvalue weighted by Gasteiger charge is -2.05. The molecule has 0 heterocycles. The Balaban J connectivity index is 2.23. The molecule has 1 N–H and O–H groups in total. The lowest BCUT2D eigenvalue weighted by Crippen LogP contribution is -2.28. The summed E-state index contributed by atoms with van der Waals surface area (Å²) in [6.45, 7) is 0.122. The number of hydrogen-bond acceptors (Lipinski definition) is 3. The van der Waals surface area contributed by atoms with Crippen LogP contribution in [0.5, 0.6) is 0 Å². The Kier molecular flexibility index (Phi) is 5.95. The van der Waals surface area contributed by atoms with Gasteiger partial charge < -0.3 is 5.32 Å². The molecular weight excluding hydrogens is 269 g/mol.